The molecule has 0 unspecified atom stereocenters. The molecule has 2 heterocycles. The number of alkyl halides is 3. The van der Waals surface area contributed by atoms with E-state index in [0.29, 0.717) is 29.8 Å². The predicted octanol–water partition coefficient (Wildman–Crippen LogP) is 5.62. The average molecular weight is 551 g/mol. The second kappa shape index (κ2) is 11.7. The molecular weight excluding hydrogens is 521 g/mol. The lowest BCUT2D eigenvalue weighted by molar-refractivity contribution is -0.137. The zero-order valence-corrected chi connectivity index (χ0v) is 22.4. The van der Waals surface area contributed by atoms with E-state index in [9.17, 15) is 22.8 Å². The van der Waals surface area contributed by atoms with Gasteiger partial charge in [-0.15, -0.1) is 0 Å². The van der Waals surface area contributed by atoms with E-state index in [1.807, 2.05) is 13.8 Å². The van der Waals surface area contributed by atoms with E-state index >= 15 is 0 Å². The molecule has 8 nitrogen and oxygen atoms in total. The summed E-state index contributed by atoms with van der Waals surface area (Å²) >= 11 is 0. The summed E-state index contributed by atoms with van der Waals surface area (Å²) in [7, 11) is 1.51. The molecule has 0 saturated heterocycles. The molecule has 4 rings (SSSR count). The summed E-state index contributed by atoms with van der Waals surface area (Å²) in [6.07, 6.45) is -0.0354. The quantitative estimate of drug-likeness (QED) is 0.293. The summed E-state index contributed by atoms with van der Waals surface area (Å²) in [5, 5.41) is 16.5. The van der Waals surface area contributed by atoms with Crippen molar-refractivity contribution in [2.45, 2.75) is 51.7 Å². The smallest absolute Gasteiger partial charge is 0.349 e. The van der Waals surface area contributed by atoms with Crippen LogP contribution in [0.3, 0.4) is 0 Å². The van der Waals surface area contributed by atoms with Gasteiger partial charge in [0.25, 0.3) is 11.5 Å². The molecule has 0 saturated carbocycles. The van der Waals surface area contributed by atoms with Gasteiger partial charge in [0.05, 0.1) is 40.5 Å². The lowest BCUT2D eigenvalue weighted by Crippen LogP contribution is -2.37. The summed E-state index contributed by atoms with van der Waals surface area (Å²) in [6.45, 7) is 4.00. The van der Waals surface area contributed by atoms with Gasteiger partial charge in [-0.1, -0.05) is 32.8 Å². The van der Waals surface area contributed by atoms with Crippen LogP contribution in [0.2, 0.25) is 0 Å². The van der Waals surface area contributed by atoms with E-state index in [0.717, 1.165) is 29.7 Å². The number of carbonyl (C=O) groups is 1. The Bertz CT molecular complexity index is 1600. The minimum Gasteiger partial charge on any atom is -0.349 e. The summed E-state index contributed by atoms with van der Waals surface area (Å²) in [5.74, 6) is -0.610. The highest BCUT2D eigenvalue weighted by Gasteiger charge is 2.32. The number of nitrogens with one attached hydrogen (secondary N) is 1. The Morgan fingerprint density at radius 2 is 1.73 bits per heavy atom. The molecule has 0 aliphatic heterocycles. The molecule has 4 aromatic rings. The number of aromatic nitrogens is 4. The van der Waals surface area contributed by atoms with Crippen LogP contribution in [-0.4, -0.2) is 31.1 Å². The van der Waals surface area contributed by atoms with Gasteiger partial charge >= 0.3 is 6.18 Å². The first kappa shape index (κ1) is 28.4. The minimum atomic E-state index is -4.62. The average Bonchev–Trinajstić information content (AvgIpc) is 3.50. The number of carbonyl (C=O) groups excluding carboxylic acids is 1. The van der Waals surface area contributed by atoms with Crippen LogP contribution in [0.15, 0.2) is 65.6 Å². The van der Waals surface area contributed by atoms with Crippen molar-refractivity contribution >= 4 is 5.91 Å². The monoisotopic (exact) mass is 550 g/mol. The molecule has 40 heavy (non-hydrogen) atoms. The predicted molar refractivity (Wildman–Crippen MR) is 144 cm³/mol. The maximum Gasteiger partial charge on any atom is 0.416 e. The van der Waals surface area contributed by atoms with Gasteiger partial charge in [0, 0.05) is 13.1 Å². The van der Waals surface area contributed by atoms with E-state index in [1.54, 1.807) is 30.3 Å². The maximum absolute atomic E-state index is 13.9. The van der Waals surface area contributed by atoms with Gasteiger partial charge < -0.3 is 5.32 Å². The van der Waals surface area contributed by atoms with Gasteiger partial charge in [0.1, 0.15) is 11.3 Å². The van der Waals surface area contributed by atoms with Crippen molar-refractivity contribution in [1.82, 2.24) is 24.5 Å². The van der Waals surface area contributed by atoms with Crippen LogP contribution in [0, 0.1) is 11.3 Å². The van der Waals surface area contributed by atoms with Crippen molar-refractivity contribution in [3.63, 3.8) is 0 Å². The van der Waals surface area contributed by atoms with Gasteiger partial charge in [-0.05, 0) is 61.4 Å². The van der Waals surface area contributed by atoms with Crippen LogP contribution in [0.4, 0.5) is 13.2 Å². The summed E-state index contributed by atoms with van der Waals surface area (Å²) in [6, 6.07) is 14.5. The number of amides is 1. The highest BCUT2D eigenvalue weighted by molar-refractivity contribution is 6.00. The normalized spacial score (nSPS) is 11.6. The number of nitriles is 1. The molecule has 0 bridgehead atoms. The molecule has 0 spiro atoms. The number of hydrogen-bond donors (Lipinski definition) is 1. The second-order valence-electron chi connectivity index (χ2n) is 9.45. The highest BCUT2D eigenvalue weighted by Crippen LogP contribution is 2.31. The molecule has 2 aromatic carbocycles. The molecule has 1 N–H and O–H groups in total. The Labute approximate surface area is 229 Å². The Morgan fingerprint density at radius 3 is 2.33 bits per heavy atom. The standard InChI is InChI=1S/C29H29F3N6O2/c1-4-7-21(8-5-2)35-27(39)25-26(24-15-16-34-37(24)22-13-11-19(18-33)12-14-22)36(3)38(28(25)40)23-10-6-9-20(17-23)29(30,31)32/h6,9-17,21H,4-5,7-8H2,1-3H3,(H,35,39). The van der Waals surface area contributed by atoms with Crippen LogP contribution < -0.4 is 10.9 Å². The van der Waals surface area contributed by atoms with Crippen molar-refractivity contribution in [2.24, 2.45) is 7.05 Å². The fraction of sp³-hybridized carbons (Fsp3) is 0.310. The second-order valence-corrected chi connectivity index (χ2v) is 9.45. The molecule has 1 amide bonds. The van der Waals surface area contributed by atoms with Crippen molar-refractivity contribution in [3.05, 3.63) is 87.8 Å². The highest BCUT2D eigenvalue weighted by atomic mass is 19.4. The van der Waals surface area contributed by atoms with E-state index in [-0.39, 0.29) is 23.0 Å². The fourth-order valence-electron chi connectivity index (χ4n) is 4.82. The van der Waals surface area contributed by atoms with Gasteiger partial charge in [0.15, 0.2) is 0 Å². The summed E-state index contributed by atoms with van der Waals surface area (Å²) < 4.78 is 44.5. The summed E-state index contributed by atoms with van der Waals surface area (Å²) in [5.41, 5.74) is -0.333. The number of halogens is 3. The van der Waals surface area contributed by atoms with E-state index < -0.39 is 23.2 Å². The van der Waals surface area contributed by atoms with Crippen molar-refractivity contribution < 1.29 is 18.0 Å². The molecule has 0 radical (unpaired) electrons. The zero-order chi connectivity index (χ0) is 29.0. The van der Waals surface area contributed by atoms with E-state index in [4.69, 9.17) is 5.26 Å². The maximum atomic E-state index is 13.9. The third-order valence-corrected chi connectivity index (χ3v) is 6.65. The lowest BCUT2D eigenvalue weighted by Gasteiger charge is -2.17. The number of hydrogen-bond acceptors (Lipinski definition) is 4. The fourth-order valence-corrected chi connectivity index (χ4v) is 4.82. The molecule has 0 fully saturated rings. The Morgan fingerprint density at radius 1 is 1.05 bits per heavy atom. The van der Waals surface area contributed by atoms with Crippen LogP contribution >= 0.6 is 0 Å². The third kappa shape index (κ3) is 5.57. The molecule has 0 atom stereocenters. The Kier molecular flexibility index (Phi) is 8.28. The van der Waals surface area contributed by atoms with Crippen LogP contribution in [0.25, 0.3) is 22.8 Å². The number of nitrogens with zero attached hydrogens (tertiary/aromatic N) is 5. The van der Waals surface area contributed by atoms with Crippen LogP contribution in [-0.2, 0) is 13.2 Å². The number of rotatable bonds is 9. The van der Waals surface area contributed by atoms with Crippen molar-refractivity contribution in [3.8, 4) is 28.8 Å². The van der Waals surface area contributed by atoms with Gasteiger partial charge in [-0.2, -0.15) is 23.5 Å². The first-order valence-electron chi connectivity index (χ1n) is 13.0. The van der Waals surface area contributed by atoms with Gasteiger partial charge in [-0.3, -0.25) is 14.3 Å². The Balaban J connectivity index is 1.94. The van der Waals surface area contributed by atoms with Gasteiger partial charge in [-0.25, -0.2) is 9.36 Å². The van der Waals surface area contributed by atoms with E-state index in [1.165, 1.54) is 34.7 Å². The largest absolute Gasteiger partial charge is 0.416 e. The molecule has 208 valence electrons. The topological polar surface area (TPSA) is 97.6 Å². The minimum absolute atomic E-state index is 0.0364. The summed E-state index contributed by atoms with van der Waals surface area (Å²) in [4.78, 5) is 27.6. The first-order chi connectivity index (χ1) is 19.1. The van der Waals surface area contributed by atoms with Crippen molar-refractivity contribution in [1.29, 1.82) is 5.26 Å². The third-order valence-electron chi connectivity index (χ3n) is 6.65. The molecule has 0 aliphatic rings. The van der Waals surface area contributed by atoms with Crippen molar-refractivity contribution in [2.75, 3.05) is 0 Å². The van der Waals surface area contributed by atoms with Gasteiger partial charge in [0.2, 0.25) is 0 Å². The Hall–Kier alpha value is -4.59. The lowest BCUT2D eigenvalue weighted by atomic mass is 10.1. The molecular formula is C29H29F3N6O2. The van der Waals surface area contributed by atoms with E-state index in [2.05, 4.69) is 16.5 Å². The SMILES string of the molecule is CCCC(CCC)NC(=O)c1c(-c2ccnn2-c2ccc(C#N)cc2)n(C)n(-c2cccc(C(F)(F)F)c2)c1=O. The first-order valence-corrected chi connectivity index (χ1v) is 13.0. The molecule has 2 aromatic heterocycles. The molecule has 11 heteroatoms. The zero-order valence-electron chi connectivity index (χ0n) is 22.4. The van der Waals surface area contributed by atoms with Crippen LogP contribution in [0.5, 0.6) is 0 Å². The molecule has 0 aliphatic carbocycles. The number of benzene rings is 2. The van der Waals surface area contributed by atoms with Crippen LogP contribution in [0.1, 0.15) is 61.0 Å².